The average Bonchev–Trinajstić information content (AvgIpc) is 3.10. The highest BCUT2D eigenvalue weighted by Crippen LogP contribution is 2.42. The van der Waals surface area contributed by atoms with Crippen LogP contribution in [0.3, 0.4) is 0 Å². The van der Waals surface area contributed by atoms with Crippen molar-refractivity contribution in [1.82, 2.24) is 0 Å². The fourth-order valence-corrected chi connectivity index (χ4v) is 4.56. The zero-order valence-electron chi connectivity index (χ0n) is 17.4. The Bertz CT molecular complexity index is 851. The van der Waals surface area contributed by atoms with Crippen molar-refractivity contribution in [3.05, 3.63) is 54.1 Å². The summed E-state index contributed by atoms with van der Waals surface area (Å²) in [5.74, 6) is 0.599. The predicted octanol–water partition coefficient (Wildman–Crippen LogP) is 5.05. The van der Waals surface area contributed by atoms with E-state index >= 15 is 0 Å². The number of anilines is 3. The smallest absolute Gasteiger partial charge is 0.238 e. The highest BCUT2D eigenvalue weighted by Gasteiger charge is 2.34. The molecule has 1 N–H and O–H groups in total. The zero-order chi connectivity index (χ0) is 20.8. The standard InChI is InChI=1S/C23H29N3O2S/c1-4-5-6-10-21(27)24-18-9-7-8-17(15-18)23-26(22(28)16-29-23)20-13-11-19(12-14-20)25(2)3/h7-9,11-15,23H,4-6,10,16H2,1-3H3,(H,24,27)/t23-/m1/s1. The van der Waals surface area contributed by atoms with Gasteiger partial charge >= 0.3 is 0 Å². The Morgan fingerprint density at radius 2 is 1.93 bits per heavy atom. The van der Waals surface area contributed by atoms with E-state index in [1.165, 1.54) is 0 Å². The summed E-state index contributed by atoms with van der Waals surface area (Å²) in [6.45, 7) is 2.13. The van der Waals surface area contributed by atoms with Crippen molar-refractivity contribution < 1.29 is 9.59 Å². The number of carbonyl (C=O) groups excluding carboxylic acids is 2. The molecule has 0 spiro atoms. The van der Waals surface area contributed by atoms with Gasteiger partial charge in [-0.2, -0.15) is 0 Å². The molecule has 1 aliphatic rings. The Morgan fingerprint density at radius 3 is 2.62 bits per heavy atom. The van der Waals surface area contributed by atoms with Crippen LogP contribution in [0.25, 0.3) is 0 Å². The van der Waals surface area contributed by atoms with Gasteiger partial charge in [0.1, 0.15) is 5.37 Å². The van der Waals surface area contributed by atoms with Crippen LogP contribution in [-0.2, 0) is 9.59 Å². The van der Waals surface area contributed by atoms with Gasteiger partial charge in [-0.05, 0) is 48.4 Å². The lowest BCUT2D eigenvalue weighted by atomic mass is 10.1. The van der Waals surface area contributed by atoms with Gasteiger partial charge in [0.2, 0.25) is 11.8 Å². The second-order valence-corrected chi connectivity index (χ2v) is 8.54. The van der Waals surface area contributed by atoms with E-state index in [9.17, 15) is 9.59 Å². The second kappa shape index (κ2) is 9.83. The molecule has 2 amide bonds. The Morgan fingerprint density at radius 1 is 1.17 bits per heavy atom. The van der Waals surface area contributed by atoms with Gasteiger partial charge in [-0.15, -0.1) is 11.8 Å². The molecular weight excluding hydrogens is 382 g/mol. The van der Waals surface area contributed by atoms with Gasteiger partial charge in [0.05, 0.1) is 5.75 Å². The van der Waals surface area contributed by atoms with E-state index in [-0.39, 0.29) is 17.2 Å². The lowest BCUT2D eigenvalue weighted by Crippen LogP contribution is -2.27. The van der Waals surface area contributed by atoms with Crippen molar-refractivity contribution >= 4 is 40.6 Å². The third-order valence-electron chi connectivity index (χ3n) is 4.98. The fourth-order valence-electron chi connectivity index (χ4n) is 3.39. The Kier molecular flexibility index (Phi) is 7.20. The van der Waals surface area contributed by atoms with Gasteiger partial charge in [0.15, 0.2) is 0 Å². The largest absolute Gasteiger partial charge is 0.378 e. The van der Waals surface area contributed by atoms with Crippen LogP contribution >= 0.6 is 11.8 Å². The minimum absolute atomic E-state index is 0.0434. The molecule has 29 heavy (non-hydrogen) atoms. The first kappa shape index (κ1) is 21.2. The topological polar surface area (TPSA) is 52.7 Å². The van der Waals surface area contributed by atoms with Crippen LogP contribution in [0.5, 0.6) is 0 Å². The van der Waals surface area contributed by atoms with E-state index < -0.39 is 0 Å². The molecule has 0 saturated carbocycles. The molecular formula is C23H29N3O2S. The maximum absolute atomic E-state index is 12.6. The lowest BCUT2D eigenvalue weighted by molar-refractivity contribution is -0.117. The van der Waals surface area contributed by atoms with Gasteiger partial charge in [-0.1, -0.05) is 31.9 Å². The molecule has 2 aromatic carbocycles. The number of rotatable bonds is 8. The Hall–Kier alpha value is -2.47. The summed E-state index contributed by atoms with van der Waals surface area (Å²) in [6.07, 6.45) is 3.61. The number of carbonyl (C=O) groups is 2. The summed E-state index contributed by atoms with van der Waals surface area (Å²) < 4.78 is 0. The van der Waals surface area contributed by atoms with Crippen LogP contribution in [-0.4, -0.2) is 31.7 Å². The molecule has 2 aromatic rings. The van der Waals surface area contributed by atoms with E-state index in [1.807, 2.05) is 72.4 Å². The predicted molar refractivity (Wildman–Crippen MR) is 123 cm³/mol. The third kappa shape index (κ3) is 5.32. The molecule has 154 valence electrons. The van der Waals surface area contributed by atoms with Crippen LogP contribution in [0.1, 0.15) is 43.5 Å². The van der Waals surface area contributed by atoms with Crippen LogP contribution in [0.4, 0.5) is 17.1 Å². The molecule has 1 heterocycles. The molecule has 3 rings (SSSR count). The summed E-state index contributed by atoms with van der Waals surface area (Å²) in [5.41, 5.74) is 3.79. The number of unbranched alkanes of at least 4 members (excludes halogenated alkanes) is 2. The van der Waals surface area contributed by atoms with Gasteiger partial charge < -0.3 is 10.2 Å². The molecule has 0 radical (unpaired) electrons. The normalized spacial score (nSPS) is 16.2. The average molecular weight is 412 g/mol. The second-order valence-electron chi connectivity index (χ2n) is 7.47. The highest BCUT2D eigenvalue weighted by molar-refractivity contribution is 8.00. The van der Waals surface area contributed by atoms with Gasteiger partial charge in [-0.3, -0.25) is 14.5 Å². The number of nitrogens with one attached hydrogen (secondary N) is 1. The quantitative estimate of drug-likeness (QED) is 0.618. The van der Waals surface area contributed by atoms with Gasteiger partial charge in [-0.25, -0.2) is 0 Å². The van der Waals surface area contributed by atoms with Crippen LogP contribution in [0.15, 0.2) is 48.5 Å². The number of hydrogen-bond donors (Lipinski definition) is 1. The first-order valence-corrected chi connectivity index (χ1v) is 11.2. The molecule has 0 bridgehead atoms. The molecule has 0 aliphatic carbocycles. The van der Waals surface area contributed by atoms with Crippen molar-refractivity contribution in [2.75, 3.05) is 35.0 Å². The van der Waals surface area contributed by atoms with Crippen molar-refractivity contribution in [2.45, 2.75) is 38.0 Å². The molecule has 0 unspecified atom stereocenters. The van der Waals surface area contributed by atoms with E-state index in [4.69, 9.17) is 0 Å². The summed E-state index contributed by atoms with van der Waals surface area (Å²) >= 11 is 1.61. The molecule has 1 aliphatic heterocycles. The summed E-state index contributed by atoms with van der Waals surface area (Å²) in [6, 6.07) is 15.9. The number of nitrogens with zero attached hydrogens (tertiary/aromatic N) is 2. The van der Waals surface area contributed by atoms with Crippen molar-refractivity contribution in [2.24, 2.45) is 0 Å². The van der Waals surface area contributed by atoms with Crippen molar-refractivity contribution in [3.8, 4) is 0 Å². The first-order valence-electron chi connectivity index (χ1n) is 10.1. The zero-order valence-corrected chi connectivity index (χ0v) is 18.2. The maximum Gasteiger partial charge on any atom is 0.238 e. The molecule has 0 aromatic heterocycles. The van der Waals surface area contributed by atoms with Gasteiger partial charge in [0, 0.05) is 37.6 Å². The third-order valence-corrected chi connectivity index (χ3v) is 6.19. The van der Waals surface area contributed by atoms with E-state index in [0.29, 0.717) is 12.2 Å². The highest BCUT2D eigenvalue weighted by atomic mass is 32.2. The van der Waals surface area contributed by atoms with Crippen molar-refractivity contribution in [3.63, 3.8) is 0 Å². The fraction of sp³-hybridized carbons (Fsp3) is 0.391. The number of thioether (sulfide) groups is 1. The summed E-state index contributed by atoms with van der Waals surface area (Å²) in [7, 11) is 3.99. The SMILES string of the molecule is CCCCCC(=O)Nc1cccc([C@H]2SCC(=O)N2c2ccc(N(C)C)cc2)c1. The lowest BCUT2D eigenvalue weighted by Gasteiger charge is -2.25. The van der Waals surface area contributed by atoms with Crippen LogP contribution in [0, 0.1) is 0 Å². The molecule has 1 fully saturated rings. The molecule has 6 heteroatoms. The molecule has 1 saturated heterocycles. The van der Waals surface area contributed by atoms with Gasteiger partial charge in [0.25, 0.3) is 0 Å². The van der Waals surface area contributed by atoms with Crippen molar-refractivity contribution in [1.29, 1.82) is 0 Å². The maximum atomic E-state index is 12.6. The van der Waals surface area contributed by atoms with E-state index in [0.717, 1.165) is 41.9 Å². The Balaban J connectivity index is 1.76. The minimum Gasteiger partial charge on any atom is -0.378 e. The minimum atomic E-state index is -0.0929. The van der Waals surface area contributed by atoms with E-state index in [2.05, 4.69) is 12.2 Å². The first-order chi connectivity index (χ1) is 14.0. The van der Waals surface area contributed by atoms with E-state index in [1.54, 1.807) is 11.8 Å². The molecule has 1 atom stereocenters. The van der Waals surface area contributed by atoms with Crippen LogP contribution < -0.4 is 15.1 Å². The Labute approximate surface area is 177 Å². The van der Waals surface area contributed by atoms with Crippen LogP contribution in [0.2, 0.25) is 0 Å². The number of amides is 2. The monoisotopic (exact) mass is 411 g/mol. The number of benzene rings is 2. The molecule has 5 nitrogen and oxygen atoms in total. The summed E-state index contributed by atoms with van der Waals surface area (Å²) in [5, 5.41) is 2.90. The summed E-state index contributed by atoms with van der Waals surface area (Å²) in [4.78, 5) is 28.7. The number of hydrogen-bond acceptors (Lipinski definition) is 4.